The van der Waals surface area contributed by atoms with Gasteiger partial charge in [0, 0.05) is 38.5 Å². The molecule has 0 aromatic carbocycles. The zero-order chi connectivity index (χ0) is 12.1. The first-order valence-electron chi connectivity index (χ1n) is 5.96. The smallest absolute Gasteiger partial charge is 0.250 e. The van der Waals surface area contributed by atoms with Gasteiger partial charge in [-0.05, 0) is 19.0 Å². The van der Waals surface area contributed by atoms with Gasteiger partial charge in [0.25, 0.3) is 5.56 Å². The van der Waals surface area contributed by atoms with E-state index in [1.807, 2.05) is 12.3 Å². The number of nitrogens with one attached hydrogen (secondary N) is 2. The van der Waals surface area contributed by atoms with Crippen molar-refractivity contribution in [1.82, 2.24) is 9.88 Å². The Hall–Kier alpha value is -1.33. The number of rotatable bonds is 5. The fourth-order valence-corrected chi connectivity index (χ4v) is 1.99. The number of anilines is 1. The van der Waals surface area contributed by atoms with Crippen LogP contribution in [-0.4, -0.2) is 37.4 Å². The maximum atomic E-state index is 11.6. The summed E-state index contributed by atoms with van der Waals surface area (Å²) < 4.78 is 6.66. The van der Waals surface area contributed by atoms with E-state index in [4.69, 9.17) is 4.74 Å². The maximum Gasteiger partial charge on any atom is 0.250 e. The fraction of sp³-hybridized carbons (Fsp3) is 0.583. The zero-order valence-corrected chi connectivity index (χ0v) is 10.1. The summed E-state index contributed by atoms with van der Waals surface area (Å²) in [7, 11) is 1.64. The van der Waals surface area contributed by atoms with E-state index in [1.165, 1.54) is 0 Å². The van der Waals surface area contributed by atoms with Gasteiger partial charge in [-0.1, -0.05) is 0 Å². The summed E-state index contributed by atoms with van der Waals surface area (Å²) in [6.45, 7) is 3.18. The molecule has 17 heavy (non-hydrogen) atoms. The maximum absolute atomic E-state index is 11.6. The lowest BCUT2D eigenvalue weighted by molar-refractivity contribution is 0.186. The Bertz CT molecular complexity index is 410. The Morgan fingerprint density at radius 3 is 3.18 bits per heavy atom. The number of nitrogens with zero attached hydrogens (tertiary/aromatic N) is 1. The molecule has 0 bridgehead atoms. The van der Waals surface area contributed by atoms with Crippen LogP contribution in [0.25, 0.3) is 0 Å². The predicted molar refractivity (Wildman–Crippen MR) is 67.5 cm³/mol. The Balaban J connectivity index is 2.04. The molecule has 1 unspecified atom stereocenters. The van der Waals surface area contributed by atoms with E-state index in [0.29, 0.717) is 19.2 Å². The van der Waals surface area contributed by atoms with Crippen molar-refractivity contribution >= 4 is 5.69 Å². The van der Waals surface area contributed by atoms with Gasteiger partial charge in [-0.3, -0.25) is 4.79 Å². The third-order valence-electron chi connectivity index (χ3n) is 2.95. The predicted octanol–water partition coefficient (Wildman–Crippen LogP) is 0.268. The van der Waals surface area contributed by atoms with E-state index in [0.717, 1.165) is 25.2 Å². The van der Waals surface area contributed by atoms with Crippen LogP contribution < -0.4 is 16.2 Å². The molecule has 1 saturated heterocycles. The fourth-order valence-electron chi connectivity index (χ4n) is 1.99. The highest BCUT2D eigenvalue weighted by atomic mass is 16.5. The monoisotopic (exact) mass is 237 g/mol. The largest absolute Gasteiger partial charge is 0.383 e. The molecule has 1 aromatic rings. The summed E-state index contributed by atoms with van der Waals surface area (Å²) in [5.41, 5.74) is 1.01. The first kappa shape index (κ1) is 12.1. The molecular weight excluding hydrogens is 218 g/mol. The van der Waals surface area contributed by atoms with Crippen LogP contribution in [0.3, 0.4) is 0 Å². The second-order valence-corrected chi connectivity index (χ2v) is 4.28. The highest BCUT2D eigenvalue weighted by molar-refractivity contribution is 5.41. The number of aromatic nitrogens is 1. The summed E-state index contributed by atoms with van der Waals surface area (Å²) in [5, 5.41) is 6.72. The minimum absolute atomic E-state index is 0.0112. The van der Waals surface area contributed by atoms with Gasteiger partial charge in [0.2, 0.25) is 0 Å². The van der Waals surface area contributed by atoms with Crippen LogP contribution in [0.5, 0.6) is 0 Å². The van der Waals surface area contributed by atoms with Crippen molar-refractivity contribution in [3.05, 3.63) is 28.7 Å². The lowest BCUT2D eigenvalue weighted by Crippen LogP contribution is -2.25. The first-order valence-corrected chi connectivity index (χ1v) is 5.96. The van der Waals surface area contributed by atoms with Gasteiger partial charge < -0.3 is 19.9 Å². The van der Waals surface area contributed by atoms with Gasteiger partial charge in [0.05, 0.1) is 12.3 Å². The first-order chi connectivity index (χ1) is 8.29. The minimum atomic E-state index is 0.0112. The molecule has 2 N–H and O–H groups in total. The lowest BCUT2D eigenvalue weighted by atomic mass is 10.2. The molecule has 1 fully saturated rings. The van der Waals surface area contributed by atoms with Crippen LogP contribution in [0, 0.1) is 0 Å². The molecule has 2 rings (SSSR count). The van der Waals surface area contributed by atoms with E-state index in [1.54, 1.807) is 17.7 Å². The number of pyridine rings is 1. The Morgan fingerprint density at radius 2 is 2.47 bits per heavy atom. The van der Waals surface area contributed by atoms with E-state index >= 15 is 0 Å². The van der Waals surface area contributed by atoms with Crippen molar-refractivity contribution in [2.75, 3.05) is 32.1 Å². The van der Waals surface area contributed by atoms with Crippen molar-refractivity contribution in [3.63, 3.8) is 0 Å². The van der Waals surface area contributed by atoms with Crippen LogP contribution in [0.4, 0.5) is 5.69 Å². The summed E-state index contributed by atoms with van der Waals surface area (Å²) in [5.74, 6) is 0. The van der Waals surface area contributed by atoms with Crippen LogP contribution in [0.1, 0.15) is 6.42 Å². The van der Waals surface area contributed by atoms with Crippen molar-refractivity contribution in [2.45, 2.75) is 19.0 Å². The molecule has 1 aliphatic heterocycles. The standard InChI is InChI=1S/C12H19N3O2/c1-17-7-6-15-9-11(2-3-12(15)16)14-10-4-5-13-8-10/h2-3,9-10,13-14H,4-8H2,1H3. The lowest BCUT2D eigenvalue weighted by Gasteiger charge is -2.14. The van der Waals surface area contributed by atoms with Gasteiger partial charge in [-0.15, -0.1) is 0 Å². The molecule has 1 atom stereocenters. The summed E-state index contributed by atoms with van der Waals surface area (Å²) >= 11 is 0. The Kier molecular flexibility index (Phi) is 4.17. The second kappa shape index (κ2) is 5.84. The molecule has 0 amide bonds. The summed E-state index contributed by atoms with van der Waals surface area (Å²) in [6, 6.07) is 3.90. The Labute approximate surface area is 101 Å². The number of methoxy groups -OCH3 is 1. The van der Waals surface area contributed by atoms with Gasteiger partial charge in [0.1, 0.15) is 0 Å². The summed E-state index contributed by atoms with van der Waals surface area (Å²) in [4.78, 5) is 11.6. The van der Waals surface area contributed by atoms with Gasteiger partial charge in [0.15, 0.2) is 0 Å². The number of hydrogen-bond acceptors (Lipinski definition) is 4. The van der Waals surface area contributed by atoms with Crippen molar-refractivity contribution in [3.8, 4) is 0 Å². The molecule has 1 aliphatic rings. The number of hydrogen-bond donors (Lipinski definition) is 2. The molecule has 0 spiro atoms. The van der Waals surface area contributed by atoms with Crippen LogP contribution >= 0.6 is 0 Å². The highest BCUT2D eigenvalue weighted by Crippen LogP contribution is 2.09. The average Bonchev–Trinajstić information content (AvgIpc) is 2.82. The molecule has 5 nitrogen and oxygen atoms in total. The molecule has 0 radical (unpaired) electrons. The highest BCUT2D eigenvalue weighted by Gasteiger charge is 2.13. The van der Waals surface area contributed by atoms with E-state index in [2.05, 4.69) is 10.6 Å². The van der Waals surface area contributed by atoms with Crippen LogP contribution in [0.15, 0.2) is 23.1 Å². The van der Waals surface area contributed by atoms with E-state index in [9.17, 15) is 4.79 Å². The molecule has 0 aliphatic carbocycles. The Morgan fingerprint density at radius 1 is 1.59 bits per heavy atom. The van der Waals surface area contributed by atoms with Crippen molar-refractivity contribution in [2.24, 2.45) is 0 Å². The number of ether oxygens (including phenoxy) is 1. The zero-order valence-electron chi connectivity index (χ0n) is 10.1. The summed E-state index contributed by atoms with van der Waals surface area (Å²) in [6.07, 6.45) is 2.98. The third kappa shape index (κ3) is 3.31. The second-order valence-electron chi connectivity index (χ2n) is 4.28. The SMILES string of the molecule is COCCn1cc(NC2CCNC2)ccc1=O. The van der Waals surface area contributed by atoms with E-state index < -0.39 is 0 Å². The third-order valence-corrected chi connectivity index (χ3v) is 2.95. The van der Waals surface area contributed by atoms with Gasteiger partial charge in [-0.2, -0.15) is 0 Å². The molecule has 94 valence electrons. The molecular formula is C12H19N3O2. The molecule has 5 heteroatoms. The molecule has 2 heterocycles. The molecule has 0 saturated carbocycles. The van der Waals surface area contributed by atoms with E-state index in [-0.39, 0.29) is 5.56 Å². The minimum Gasteiger partial charge on any atom is -0.383 e. The van der Waals surface area contributed by atoms with Gasteiger partial charge >= 0.3 is 0 Å². The normalized spacial score (nSPS) is 19.5. The average molecular weight is 237 g/mol. The van der Waals surface area contributed by atoms with Crippen LogP contribution in [0.2, 0.25) is 0 Å². The van der Waals surface area contributed by atoms with Gasteiger partial charge in [-0.25, -0.2) is 0 Å². The molecule has 1 aromatic heterocycles. The van der Waals surface area contributed by atoms with Crippen LogP contribution in [-0.2, 0) is 11.3 Å². The van der Waals surface area contributed by atoms with Crippen molar-refractivity contribution in [1.29, 1.82) is 0 Å². The topological polar surface area (TPSA) is 55.3 Å². The quantitative estimate of drug-likeness (QED) is 0.772. The van der Waals surface area contributed by atoms with Crippen molar-refractivity contribution < 1.29 is 4.74 Å².